The van der Waals surface area contributed by atoms with Crippen LogP contribution in [0.15, 0.2) is 57.6 Å². The molecule has 4 aliphatic heterocycles. The highest BCUT2D eigenvalue weighted by molar-refractivity contribution is 7.92. The Morgan fingerprint density at radius 1 is 0.771 bits per heavy atom. The Morgan fingerprint density at radius 2 is 1.31 bits per heavy atom. The predicted molar refractivity (Wildman–Crippen MR) is 191 cm³/mol. The number of rotatable bonds is 12. The van der Waals surface area contributed by atoms with E-state index in [1.54, 1.807) is 48.5 Å². The van der Waals surface area contributed by atoms with Crippen LogP contribution in [0.1, 0.15) is 85.9 Å². The number of hydrogen-bond donors (Lipinski definition) is 2. The quantitative estimate of drug-likeness (QED) is 0.125. The lowest BCUT2D eigenvalue weighted by Gasteiger charge is -2.54. The summed E-state index contributed by atoms with van der Waals surface area (Å²) in [5.74, 6) is 0.230. The molecule has 1 unspecified atom stereocenters. The van der Waals surface area contributed by atoms with Gasteiger partial charge in [-0.2, -0.15) is 0 Å². The van der Waals surface area contributed by atoms with E-state index in [-0.39, 0.29) is 11.9 Å². The van der Waals surface area contributed by atoms with Gasteiger partial charge in [0.15, 0.2) is 0 Å². The number of benzene rings is 2. The van der Waals surface area contributed by atoms with Gasteiger partial charge >= 0.3 is 19.8 Å². The summed E-state index contributed by atoms with van der Waals surface area (Å²) in [6.07, 6.45) is 7.63. The van der Waals surface area contributed by atoms with Gasteiger partial charge in [0, 0.05) is 39.3 Å². The fourth-order valence-electron chi connectivity index (χ4n) is 5.90. The number of nitrogens with one attached hydrogen (secondary N) is 2. The second-order valence-corrected chi connectivity index (χ2v) is 19.8. The van der Waals surface area contributed by atoms with Crippen LogP contribution in [0, 0.1) is 0 Å². The number of esters is 2. The van der Waals surface area contributed by atoms with E-state index in [0.717, 1.165) is 90.6 Å². The summed E-state index contributed by atoms with van der Waals surface area (Å²) in [6.45, 7) is 10.0. The maximum atomic E-state index is 12.6. The third-order valence-electron chi connectivity index (χ3n) is 8.52. The molecule has 2 saturated heterocycles. The Balaban J connectivity index is 1.39. The highest BCUT2D eigenvalue weighted by Gasteiger charge is 2.56. The average molecular weight is 720 g/mol. The third kappa shape index (κ3) is 8.17. The van der Waals surface area contributed by atoms with E-state index in [1.165, 1.54) is 0 Å². The van der Waals surface area contributed by atoms with Crippen LogP contribution >= 0.6 is 23.0 Å². The first-order chi connectivity index (χ1) is 23.4. The maximum Gasteiger partial charge on any atom is 0.400 e. The zero-order valence-corrected chi connectivity index (χ0v) is 30.6. The van der Waals surface area contributed by atoms with Crippen molar-refractivity contribution in [1.29, 1.82) is 0 Å². The molecule has 2 fully saturated rings. The Kier molecular flexibility index (Phi) is 11.9. The monoisotopic (exact) mass is 719 g/mol. The fraction of sp³-hybridized carbons (Fsp3) is 0.562. The molecule has 4 heterocycles. The van der Waals surface area contributed by atoms with Crippen molar-refractivity contribution >= 4 is 35.0 Å². The smallest absolute Gasteiger partial charge is 0.400 e. The Hall–Kier alpha value is -2.33. The average Bonchev–Trinajstić information content (AvgIpc) is 3.13. The number of nitrogens with zero attached hydrogens (tertiary/aromatic N) is 5. The lowest BCUT2D eigenvalue weighted by molar-refractivity contribution is 0.0490. The summed E-state index contributed by atoms with van der Waals surface area (Å²) in [6, 6.07) is 13.8. The van der Waals surface area contributed by atoms with Gasteiger partial charge in [-0.3, -0.25) is 9.76 Å². The van der Waals surface area contributed by atoms with Crippen LogP contribution in [-0.4, -0.2) is 73.8 Å². The first kappa shape index (κ1) is 35.5. The van der Waals surface area contributed by atoms with E-state index in [4.69, 9.17) is 32.4 Å². The molecule has 0 amide bonds. The van der Waals surface area contributed by atoms with E-state index >= 15 is 0 Å². The molecule has 4 aliphatic rings. The summed E-state index contributed by atoms with van der Waals surface area (Å²) in [7, 11) is -8.85. The van der Waals surface area contributed by atoms with E-state index in [1.807, 2.05) is 0 Å². The van der Waals surface area contributed by atoms with Gasteiger partial charge in [0.05, 0.1) is 31.8 Å². The third-order valence-corrected chi connectivity index (χ3v) is 18.9. The topological polar surface area (TPSA) is 140 Å². The molecule has 0 aromatic heterocycles. The van der Waals surface area contributed by atoms with Crippen molar-refractivity contribution < 1.29 is 28.1 Å². The van der Waals surface area contributed by atoms with Gasteiger partial charge in [-0.15, -0.1) is 9.76 Å². The minimum atomic E-state index is -3.48. The van der Waals surface area contributed by atoms with Crippen molar-refractivity contribution in [2.45, 2.75) is 65.2 Å². The number of unbranched alkanes of at least 4 members (excludes halogenated alkanes) is 2. The van der Waals surface area contributed by atoms with Crippen molar-refractivity contribution in [3.8, 4) is 11.5 Å². The molecule has 262 valence electrons. The number of carbonyl (C=O) groups excluding carboxylic acids is 2. The molecular weight excluding hydrogens is 671 g/mol. The summed E-state index contributed by atoms with van der Waals surface area (Å²) in [4.78, 5) is 30.7. The van der Waals surface area contributed by atoms with E-state index in [9.17, 15) is 9.59 Å². The molecule has 16 heteroatoms. The molecule has 48 heavy (non-hydrogen) atoms. The van der Waals surface area contributed by atoms with Crippen molar-refractivity contribution in [2.24, 2.45) is 9.03 Å². The van der Waals surface area contributed by atoms with Crippen molar-refractivity contribution in [3.05, 3.63) is 64.5 Å². The highest BCUT2D eigenvalue weighted by Crippen LogP contribution is 2.87. The van der Waals surface area contributed by atoms with Gasteiger partial charge in [0.25, 0.3) is 7.66 Å². The number of ether oxygens (including phenoxy) is 2. The van der Waals surface area contributed by atoms with E-state index in [0.29, 0.717) is 35.8 Å². The second-order valence-electron chi connectivity index (χ2n) is 12.2. The zero-order chi connectivity index (χ0) is 33.5. The lowest BCUT2D eigenvalue weighted by Crippen LogP contribution is -2.40. The predicted octanol–water partition coefficient (Wildman–Crippen LogP) is 8.40. The van der Waals surface area contributed by atoms with Gasteiger partial charge in [0.2, 0.25) is 0 Å². The summed E-state index contributed by atoms with van der Waals surface area (Å²) in [5, 5.41) is 7.53. The van der Waals surface area contributed by atoms with E-state index in [2.05, 4.69) is 33.4 Å². The molecular formula is C32H48N7O6P3. The molecule has 2 aromatic rings. The Labute approximate surface area is 284 Å². The van der Waals surface area contributed by atoms with Crippen molar-refractivity contribution in [3.63, 3.8) is 0 Å². The molecule has 13 nitrogen and oxygen atoms in total. The van der Waals surface area contributed by atoms with Gasteiger partial charge in [-0.05, 0) is 91.6 Å². The first-order valence-corrected chi connectivity index (χ1v) is 22.1. The molecule has 0 aliphatic carbocycles. The van der Waals surface area contributed by atoms with Crippen molar-refractivity contribution in [1.82, 2.24) is 19.5 Å². The Bertz CT molecular complexity index is 1470. The molecule has 6 rings (SSSR count). The molecule has 2 aromatic carbocycles. The second kappa shape index (κ2) is 16.1. The van der Waals surface area contributed by atoms with Gasteiger partial charge < -0.3 is 23.4 Å². The van der Waals surface area contributed by atoms with Gasteiger partial charge in [-0.25, -0.2) is 9.59 Å². The summed E-state index contributed by atoms with van der Waals surface area (Å²) >= 11 is 0. The molecule has 2 spiro atoms. The zero-order valence-electron chi connectivity index (χ0n) is 28.0. The van der Waals surface area contributed by atoms with Crippen LogP contribution in [0.2, 0.25) is 0 Å². The largest absolute Gasteiger partial charge is 0.480 e. The van der Waals surface area contributed by atoms with Crippen LogP contribution in [0.25, 0.3) is 4.86 Å². The van der Waals surface area contributed by atoms with Crippen LogP contribution in [0.5, 0.6) is 11.5 Å². The molecule has 2 bridgehead atoms. The minimum Gasteiger partial charge on any atom is -0.480 e. The first-order valence-electron chi connectivity index (χ1n) is 17.2. The van der Waals surface area contributed by atoms with Crippen LogP contribution < -0.4 is 19.2 Å². The number of carbonyl (C=O) groups is 2. The van der Waals surface area contributed by atoms with Crippen molar-refractivity contribution in [2.75, 3.05) is 52.5 Å². The molecule has 2 atom stereocenters. The van der Waals surface area contributed by atoms with Gasteiger partial charge in [0.1, 0.15) is 11.5 Å². The highest BCUT2D eigenvalue weighted by atomic mass is 31.3. The maximum absolute atomic E-state index is 12.6. The van der Waals surface area contributed by atoms with Gasteiger partial charge in [-0.1, -0.05) is 31.2 Å². The van der Waals surface area contributed by atoms with Crippen LogP contribution in [-0.2, 0) is 9.47 Å². The van der Waals surface area contributed by atoms with Crippen LogP contribution in [0.4, 0.5) is 0 Å². The SMILES string of the molecule is CCCCOC(=O)c1ccc(OP2(Oc3ccc(C(=O)OCCCC)cc3)=N[P+]34N=[P@]5([N-]2)NCCCN5CCCCN3CCCN4)cc1. The van der Waals surface area contributed by atoms with E-state index < -0.39 is 23.0 Å². The minimum absolute atomic E-state index is 0.368. The Morgan fingerprint density at radius 3 is 1.92 bits per heavy atom. The summed E-state index contributed by atoms with van der Waals surface area (Å²) in [5.41, 5.74) is 0.888. The number of hydrogen-bond acceptors (Lipinski definition) is 12. The standard InChI is InChI=1S/C32H48N7O6P3/c1-3-5-25-42-31(40)27-11-15-29(16-12-27)44-48(45-30-17-13-28(14-18-30)32(41)43-26-6-4-2)36-46-33-19-9-23-38(46)21-7-8-22-39-24-10-20-34-47(39,35-46)37-48/h11-18,33-34H,3-10,19-26H2,1-2H3/t46-,47?/m0/s1. The molecule has 2 N–H and O–H groups in total. The van der Waals surface area contributed by atoms with Crippen LogP contribution in [0.3, 0.4) is 0 Å². The summed E-state index contributed by atoms with van der Waals surface area (Å²) < 4.78 is 40.4. The molecule has 0 saturated carbocycles. The molecule has 0 radical (unpaired) electrons. The normalized spacial score (nSPS) is 25.4. The fourth-order valence-corrected chi connectivity index (χ4v) is 18.4. The lowest BCUT2D eigenvalue weighted by atomic mass is 10.2.